The zero-order chi connectivity index (χ0) is 22.4. The van der Waals surface area contributed by atoms with E-state index in [1.165, 1.54) is 22.3 Å². The average Bonchev–Trinajstić information content (AvgIpc) is 2.71. The highest BCUT2D eigenvalue weighted by Crippen LogP contribution is 2.28. The lowest BCUT2D eigenvalue weighted by Crippen LogP contribution is -2.15. The van der Waals surface area contributed by atoms with E-state index >= 15 is 0 Å². The third kappa shape index (κ3) is 6.60. The van der Waals surface area contributed by atoms with Crippen molar-refractivity contribution in [2.75, 3.05) is 6.61 Å². The molecule has 0 aromatic heterocycles. The highest BCUT2D eigenvalue weighted by atomic mass is 16.7. The standard InChI is InChI=1S/C28H34O3/c1-7-29-21(3)30-25-14-16-26(17-15-25)31-27-13-10-23(20(2)18-27)19-22-8-11-24(12-9-22)28(4,5)6/h8-18,21H,7,19H2,1-6H3. The van der Waals surface area contributed by atoms with Crippen LogP contribution in [0.3, 0.4) is 0 Å². The Morgan fingerprint density at radius 2 is 1.42 bits per heavy atom. The summed E-state index contributed by atoms with van der Waals surface area (Å²) in [7, 11) is 0. The minimum absolute atomic E-state index is 0.180. The van der Waals surface area contributed by atoms with Gasteiger partial charge in [-0.2, -0.15) is 0 Å². The summed E-state index contributed by atoms with van der Waals surface area (Å²) in [6, 6.07) is 22.9. The summed E-state index contributed by atoms with van der Waals surface area (Å²) in [4.78, 5) is 0. The van der Waals surface area contributed by atoms with Crippen molar-refractivity contribution < 1.29 is 14.2 Å². The van der Waals surface area contributed by atoms with Gasteiger partial charge in [-0.05, 0) is 91.3 Å². The number of ether oxygens (including phenoxy) is 3. The molecule has 0 spiro atoms. The molecule has 0 radical (unpaired) electrons. The number of hydrogen-bond acceptors (Lipinski definition) is 3. The fraction of sp³-hybridized carbons (Fsp3) is 0.357. The fourth-order valence-corrected chi connectivity index (χ4v) is 3.46. The molecule has 3 rings (SSSR count). The van der Waals surface area contributed by atoms with E-state index in [9.17, 15) is 0 Å². The molecule has 0 aliphatic heterocycles. The van der Waals surface area contributed by atoms with Gasteiger partial charge in [0.1, 0.15) is 17.2 Å². The maximum Gasteiger partial charge on any atom is 0.196 e. The van der Waals surface area contributed by atoms with Crippen LogP contribution >= 0.6 is 0 Å². The van der Waals surface area contributed by atoms with Crippen molar-refractivity contribution in [3.05, 3.63) is 89.0 Å². The van der Waals surface area contributed by atoms with Gasteiger partial charge in [0.15, 0.2) is 6.29 Å². The second kappa shape index (κ2) is 10.0. The number of rotatable bonds is 8. The molecule has 0 saturated heterocycles. The Balaban J connectivity index is 1.63. The quantitative estimate of drug-likeness (QED) is 0.356. The molecule has 1 unspecified atom stereocenters. The van der Waals surface area contributed by atoms with Crippen LogP contribution in [0.25, 0.3) is 0 Å². The van der Waals surface area contributed by atoms with Crippen LogP contribution < -0.4 is 9.47 Å². The van der Waals surface area contributed by atoms with E-state index in [-0.39, 0.29) is 11.7 Å². The molecule has 0 aliphatic carbocycles. The zero-order valence-corrected chi connectivity index (χ0v) is 19.6. The molecule has 3 aromatic carbocycles. The van der Waals surface area contributed by atoms with E-state index in [2.05, 4.69) is 64.1 Å². The summed E-state index contributed by atoms with van der Waals surface area (Å²) < 4.78 is 17.1. The lowest BCUT2D eigenvalue weighted by Gasteiger charge is -2.19. The molecule has 0 amide bonds. The first-order valence-electron chi connectivity index (χ1n) is 11.0. The van der Waals surface area contributed by atoms with Crippen LogP contribution in [0, 0.1) is 6.92 Å². The zero-order valence-electron chi connectivity index (χ0n) is 19.6. The summed E-state index contributed by atoms with van der Waals surface area (Å²) in [6.45, 7) is 13.3. The van der Waals surface area contributed by atoms with Crippen molar-refractivity contribution in [2.45, 2.75) is 59.7 Å². The minimum atomic E-state index is -0.267. The molecular formula is C28H34O3. The van der Waals surface area contributed by atoms with Gasteiger partial charge in [0.2, 0.25) is 0 Å². The average molecular weight is 419 g/mol. The maximum absolute atomic E-state index is 6.04. The van der Waals surface area contributed by atoms with Crippen LogP contribution in [-0.4, -0.2) is 12.9 Å². The van der Waals surface area contributed by atoms with E-state index in [4.69, 9.17) is 14.2 Å². The van der Waals surface area contributed by atoms with Gasteiger partial charge in [0.05, 0.1) is 0 Å². The Morgan fingerprint density at radius 1 is 0.806 bits per heavy atom. The Hall–Kier alpha value is -2.78. The van der Waals surface area contributed by atoms with E-state index in [0.29, 0.717) is 6.61 Å². The third-order valence-electron chi connectivity index (χ3n) is 5.29. The monoisotopic (exact) mass is 418 g/mol. The van der Waals surface area contributed by atoms with Crippen LogP contribution in [0.1, 0.15) is 56.9 Å². The lowest BCUT2D eigenvalue weighted by molar-refractivity contribution is -0.0613. The normalized spacial score (nSPS) is 12.5. The van der Waals surface area contributed by atoms with Gasteiger partial charge in [0, 0.05) is 6.61 Å². The molecule has 164 valence electrons. The summed E-state index contributed by atoms with van der Waals surface area (Å²) >= 11 is 0. The van der Waals surface area contributed by atoms with Gasteiger partial charge in [0.25, 0.3) is 0 Å². The minimum Gasteiger partial charge on any atom is -0.465 e. The maximum atomic E-state index is 6.04. The number of hydrogen-bond donors (Lipinski definition) is 0. The highest BCUT2D eigenvalue weighted by Gasteiger charge is 2.13. The Labute approximate surface area is 187 Å². The molecule has 0 aliphatic rings. The van der Waals surface area contributed by atoms with Crippen molar-refractivity contribution in [3.8, 4) is 17.2 Å². The molecule has 3 aromatic rings. The summed E-state index contributed by atoms with van der Waals surface area (Å²) in [5.41, 5.74) is 5.40. The first kappa shape index (κ1) is 22.9. The molecular weight excluding hydrogens is 384 g/mol. The SMILES string of the molecule is CCOC(C)Oc1ccc(Oc2ccc(Cc3ccc(C(C)(C)C)cc3)c(C)c2)cc1. The molecule has 0 bridgehead atoms. The van der Waals surface area contributed by atoms with Crippen molar-refractivity contribution in [3.63, 3.8) is 0 Å². The first-order chi connectivity index (χ1) is 14.7. The molecule has 0 N–H and O–H groups in total. The van der Waals surface area contributed by atoms with Crippen molar-refractivity contribution >= 4 is 0 Å². The van der Waals surface area contributed by atoms with E-state index in [0.717, 1.165) is 23.7 Å². The van der Waals surface area contributed by atoms with Gasteiger partial charge in [-0.3, -0.25) is 0 Å². The van der Waals surface area contributed by atoms with Crippen LogP contribution in [0.15, 0.2) is 66.7 Å². The molecule has 31 heavy (non-hydrogen) atoms. The third-order valence-corrected chi connectivity index (χ3v) is 5.29. The lowest BCUT2D eigenvalue weighted by atomic mass is 9.86. The second-order valence-electron chi connectivity index (χ2n) is 8.93. The number of benzene rings is 3. The predicted octanol–water partition coefficient (Wildman–Crippen LogP) is 7.44. The number of aryl methyl sites for hydroxylation is 1. The Morgan fingerprint density at radius 3 is 2.00 bits per heavy atom. The van der Waals surface area contributed by atoms with Crippen molar-refractivity contribution in [1.29, 1.82) is 0 Å². The largest absolute Gasteiger partial charge is 0.465 e. The van der Waals surface area contributed by atoms with Crippen molar-refractivity contribution in [1.82, 2.24) is 0 Å². The van der Waals surface area contributed by atoms with Crippen LogP contribution in [0.5, 0.6) is 17.2 Å². The van der Waals surface area contributed by atoms with Gasteiger partial charge < -0.3 is 14.2 Å². The summed E-state index contributed by atoms with van der Waals surface area (Å²) in [5.74, 6) is 2.37. The molecule has 0 saturated carbocycles. The predicted molar refractivity (Wildman–Crippen MR) is 127 cm³/mol. The highest BCUT2D eigenvalue weighted by molar-refractivity contribution is 5.41. The smallest absolute Gasteiger partial charge is 0.196 e. The van der Waals surface area contributed by atoms with Gasteiger partial charge in [-0.1, -0.05) is 51.1 Å². The van der Waals surface area contributed by atoms with Crippen molar-refractivity contribution in [2.24, 2.45) is 0 Å². The van der Waals surface area contributed by atoms with E-state index < -0.39 is 0 Å². The Kier molecular flexibility index (Phi) is 7.40. The van der Waals surface area contributed by atoms with Crippen LogP contribution in [-0.2, 0) is 16.6 Å². The summed E-state index contributed by atoms with van der Waals surface area (Å²) in [6.07, 6.45) is 0.650. The van der Waals surface area contributed by atoms with E-state index in [1.807, 2.05) is 44.2 Å². The van der Waals surface area contributed by atoms with Crippen LogP contribution in [0.2, 0.25) is 0 Å². The summed E-state index contributed by atoms with van der Waals surface area (Å²) in [5, 5.41) is 0. The second-order valence-corrected chi connectivity index (χ2v) is 8.93. The van der Waals surface area contributed by atoms with Gasteiger partial charge >= 0.3 is 0 Å². The topological polar surface area (TPSA) is 27.7 Å². The molecule has 3 nitrogen and oxygen atoms in total. The van der Waals surface area contributed by atoms with Gasteiger partial charge in [-0.15, -0.1) is 0 Å². The molecule has 3 heteroatoms. The fourth-order valence-electron chi connectivity index (χ4n) is 3.46. The molecule has 0 fully saturated rings. The van der Waals surface area contributed by atoms with Gasteiger partial charge in [-0.25, -0.2) is 0 Å². The Bertz CT molecular complexity index is 967. The molecule has 0 heterocycles. The van der Waals surface area contributed by atoms with E-state index in [1.54, 1.807) is 0 Å². The first-order valence-corrected chi connectivity index (χ1v) is 11.0. The molecule has 1 atom stereocenters. The van der Waals surface area contributed by atoms with Crippen LogP contribution in [0.4, 0.5) is 0 Å².